The van der Waals surface area contributed by atoms with Crippen molar-refractivity contribution < 1.29 is 0 Å². The molecule has 0 aliphatic heterocycles. The van der Waals surface area contributed by atoms with Crippen LogP contribution in [-0.4, -0.2) is 0 Å². The minimum atomic E-state index is 0.218. The lowest BCUT2D eigenvalue weighted by molar-refractivity contribution is 0.425. The third kappa shape index (κ3) is 3.47. The van der Waals surface area contributed by atoms with Crippen molar-refractivity contribution in [2.24, 2.45) is 5.84 Å². The van der Waals surface area contributed by atoms with Gasteiger partial charge in [0.2, 0.25) is 0 Å². The van der Waals surface area contributed by atoms with E-state index in [0.717, 1.165) is 6.42 Å². The molecule has 2 aromatic rings. The Bertz CT molecular complexity index is 612. The van der Waals surface area contributed by atoms with Gasteiger partial charge in [-0.1, -0.05) is 36.4 Å². The normalized spacial score (nSPS) is 19.0. The van der Waals surface area contributed by atoms with Crippen LogP contribution in [0.5, 0.6) is 0 Å². The molecule has 2 nitrogen and oxygen atoms in total. The van der Waals surface area contributed by atoms with Crippen molar-refractivity contribution in [1.82, 2.24) is 5.43 Å². The van der Waals surface area contributed by atoms with Crippen LogP contribution in [0.1, 0.15) is 47.9 Å². The number of nitrogens with one attached hydrogen (secondary N) is 1. The minimum Gasteiger partial charge on any atom is -0.271 e. The Hall–Kier alpha value is -0.910. The van der Waals surface area contributed by atoms with Gasteiger partial charge in [-0.25, -0.2) is 0 Å². The van der Waals surface area contributed by atoms with E-state index in [-0.39, 0.29) is 6.04 Å². The smallest absolute Gasteiger partial charge is 0.0466 e. The fourth-order valence-electron chi connectivity index (χ4n) is 3.41. The molecular weight excluding hydrogens is 371 g/mol. The molecule has 3 N–H and O–H groups in total. The van der Waals surface area contributed by atoms with Gasteiger partial charge >= 0.3 is 0 Å². The monoisotopic (exact) mass is 392 g/mol. The minimum absolute atomic E-state index is 0.218. The molecule has 0 fully saturated rings. The zero-order valence-electron chi connectivity index (χ0n) is 12.1. The zero-order valence-corrected chi connectivity index (χ0v) is 14.2. The lowest BCUT2D eigenvalue weighted by Crippen LogP contribution is -2.30. The van der Waals surface area contributed by atoms with Crippen LogP contribution in [0.25, 0.3) is 0 Å². The highest BCUT2D eigenvalue weighted by Gasteiger charge is 2.23. The maximum Gasteiger partial charge on any atom is 0.0466 e. The molecule has 3 heteroatoms. The second-order valence-corrected chi connectivity index (χ2v) is 7.04. The SMILES string of the molecule is NNC(CC1CCCc2ccccc21)c1cccc(I)c1. The fraction of sp³-hybridized carbons (Fsp3) is 0.333. The second kappa shape index (κ2) is 6.90. The first kappa shape index (κ1) is 15.0. The van der Waals surface area contributed by atoms with Crippen molar-refractivity contribution in [3.05, 3.63) is 68.8 Å². The molecule has 0 bridgehead atoms. The van der Waals surface area contributed by atoms with Gasteiger partial charge in [0.25, 0.3) is 0 Å². The van der Waals surface area contributed by atoms with Crippen LogP contribution in [0.2, 0.25) is 0 Å². The van der Waals surface area contributed by atoms with Gasteiger partial charge in [-0.3, -0.25) is 11.3 Å². The summed E-state index contributed by atoms with van der Waals surface area (Å²) in [6.45, 7) is 0. The predicted octanol–water partition coefficient (Wildman–Crippen LogP) is 4.31. The summed E-state index contributed by atoms with van der Waals surface area (Å²) in [5.41, 5.74) is 7.35. The number of rotatable bonds is 4. The van der Waals surface area contributed by atoms with Crippen molar-refractivity contribution in [1.29, 1.82) is 0 Å². The van der Waals surface area contributed by atoms with Gasteiger partial charge in [0.05, 0.1) is 0 Å². The van der Waals surface area contributed by atoms with E-state index >= 15 is 0 Å². The average Bonchev–Trinajstić information content (AvgIpc) is 2.52. The Balaban J connectivity index is 1.82. The highest BCUT2D eigenvalue weighted by atomic mass is 127. The van der Waals surface area contributed by atoms with Gasteiger partial charge in [0.1, 0.15) is 0 Å². The Kier molecular flexibility index (Phi) is 4.93. The van der Waals surface area contributed by atoms with E-state index in [1.165, 1.54) is 39.5 Å². The molecule has 0 saturated carbocycles. The van der Waals surface area contributed by atoms with E-state index in [1.807, 2.05) is 0 Å². The number of halogens is 1. The summed E-state index contributed by atoms with van der Waals surface area (Å²) in [7, 11) is 0. The first-order chi connectivity index (χ1) is 10.3. The Labute approximate surface area is 140 Å². The highest BCUT2D eigenvalue weighted by molar-refractivity contribution is 14.1. The van der Waals surface area contributed by atoms with E-state index in [4.69, 9.17) is 5.84 Å². The largest absolute Gasteiger partial charge is 0.271 e. The number of fused-ring (bicyclic) bond motifs is 1. The van der Waals surface area contributed by atoms with Crippen molar-refractivity contribution >= 4 is 22.6 Å². The third-order valence-electron chi connectivity index (χ3n) is 4.47. The quantitative estimate of drug-likeness (QED) is 0.463. The molecule has 0 aromatic heterocycles. The van der Waals surface area contributed by atoms with E-state index in [1.54, 1.807) is 0 Å². The van der Waals surface area contributed by atoms with Crippen molar-refractivity contribution in [2.75, 3.05) is 0 Å². The van der Waals surface area contributed by atoms with Gasteiger partial charge < -0.3 is 0 Å². The number of hydrogen-bond donors (Lipinski definition) is 2. The first-order valence-electron chi connectivity index (χ1n) is 7.57. The van der Waals surface area contributed by atoms with E-state index in [9.17, 15) is 0 Å². The molecule has 2 aromatic carbocycles. The Morgan fingerprint density at radius 3 is 2.86 bits per heavy atom. The number of hydrogen-bond acceptors (Lipinski definition) is 2. The molecule has 1 aliphatic carbocycles. The topological polar surface area (TPSA) is 38.0 Å². The molecular formula is C18H21IN2. The van der Waals surface area contributed by atoms with Crippen LogP contribution < -0.4 is 11.3 Å². The molecule has 0 spiro atoms. The summed E-state index contributed by atoms with van der Waals surface area (Å²) < 4.78 is 1.26. The third-order valence-corrected chi connectivity index (χ3v) is 5.14. The number of nitrogens with two attached hydrogens (primary N) is 1. The van der Waals surface area contributed by atoms with Gasteiger partial charge in [0.15, 0.2) is 0 Å². The lowest BCUT2D eigenvalue weighted by atomic mass is 9.79. The lowest BCUT2D eigenvalue weighted by Gasteiger charge is -2.29. The zero-order chi connectivity index (χ0) is 14.7. The molecule has 110 valence electrons. The first-order valence-corrected chi connectivity index (χ1v) is 8.65. The number of benzene rings is 2. The number of hydrazine groups is 1. The van der Waals surface area contributed by atoms with Gasteiger partial charge in [-0.2, -0.15) is 0 Å². The predicted molar refractivity (Wildman–Crippen MR) is 96.0 cm³/mol. The molecule has 1 aliphatic rings. The molecule has 3 rings (SSSR count). The van der Waals surface area contributed by atoms with Crippen LogP contribution in [0.15, 0.2) is 48.5 Å². The summed E-state index contributed by atoms with van der Waals surface area (Å²) in [5, 5.41) is 0. The Morgan fingerprint density at radius 1 is 1.19 bits per heavy atom. The van der Waals surface area contributed by atoms with Crippen LogP contribution in [0.4, 0.5) is 0 Å². The summed E-state index contributed by atoms with van der Waals surface area (Å²) in [5.74, 6) is 6.45. The molecule has 2 atom stereocenters. The van der Waals surface area contributed by atoms with Gasteiger partial charge in [0, 0.05) is 9.61 Å². The summed E-state index contributed by atoms with van der Waals surface area (Å²) in [4.78, 5) is 0. The van der Waals surface area contributed by atoms with Crippen molar-refractivity contribution in [2.45, 2.75) is 37.6 Å². The van der Waals surface area contributed by atoms with Crippen molar-refractivity contribution in [3.63, 3.8) is 0 Å². The second-order valence-electron chi connectivity index (χ2n) is 5.80. The van der Waals surface area contributed by atoms with Crippen molar-refractivity contribution in [3.8, 4) is 0 Å². The number of aryl methyl sites for hydroxylation is 1. The van der Waals surface area contributed by atoms with Crippen LogP contribution in [-0.2, 0) is 6.42 Å². The molecule has 0 radical (unpaired) electrons. The van der Waals surface area contributed by atoms with Crippen LogP contribution in [0, 0.1) is 3.57 Å². The highest BCUT2D eigenvalue weighted by Crippen LogP contribution is 2.37. The molecule has 2 unspecified atom stereocenters. The maximum absolute atomic E-state index is 5.84. The standard InChI is InChI=1S/C18H21IN2/c19-16-9-4-8-15(11-16)18(21-20)12-14-7-3-6-13-5-1-2-10-17(13)14/h1-2,4-5,8-11,14,18,21H,3,6-7,12,20H2. The molecule has 0 amide bonds. The van der Waals surface area contributed by atoms with E-state index in [0.29, 0.717) is 5.92 Å². The van der Waals surface area contributed by atoms with Gasteiger partial charge in [-0.05, 0) is 83.0 Å². The Morgan fingerprint density at radius 2 is 2.05 bits per heavy atom. The van der Waals surface area contributed by atoms with Crippen LogP contribution >= 0.6 is 22.6 Å². The summed E-state index contributed by atoms with van der Waals surface area (Å²) in [6, 6.07) is 17.7. The van der Waals surface area contributed by atoms with Gasteiger partial charge in [-0.15, -0.1) is 0 Å². The maximum atomic E-state index is 5.84. The molecule has 0 saturated heterocycles. The van der Waals surface area contributed by atoms with E-state index < -0.39 is 0 Å². The average molecular weight is 392 g/mol. The molecule has 0 heterocycles. The fourth-order valence-corrected chi connectivity index (χ4v) is 3.97. The molecule has 21 heavy (non-hydrogen) atoms. The summed E-state index contributed by atoms with van der Waals surface area (Å²) in [6.07, 6.45) is 4.83. The summed E-state index contributed by atoms with van der Waals surface area (Å²) >= 11 is 2.36. The van der Waals surface area contributed by atoms with E-state index in [2.05, 4.69) is 76.5 Å². The van der Waals surface area contributed by atoms with Crippen LogP contribution in [0.3, 0.4) is 0 Å².